The molecule has 3 heteroatoms. The van der Waals surface area contributed by atoms with Crippen LogP contribution in [0.4, 0.5) is 0 Å². The summed E-state index contributed by atoms with van der Waals surface area (Å²) in [4.78, 5) is 0. The Morgan fingerprint density at radius 2 is 1.62 bits per heavy atom. The van der Waals surface area contributed by atoms with Gasteiger partial charge in [-0.15, -0.1) is 0 Å². The molecule has 21 heavy (non-hydrogen) atoms. The van der Waals surface area contributed by atoms with E-state index >= 15 is 0 Å². The predicted octanol–water partition coefficient (Wildman–Crippen LogP) is 5.50. The fourth-order valence-corrected chi connectivity index (χ4v) is 3.37. The van der Waals surface area contributed by atoms with Crippen molar-refractivity contribution in [3.63, 3.8) is 0 Å². The summed E-state index contributed by atoms with van der Waals surface area (Å²) in [5.41, 5.74) is 9.82. The largest absolute Gasteiger partial charge is 0.324 e. The van der Waals surface area contributed by atoms with E-state index < -0.39 is 0 Å². The van der Waals surface area contributed by atoms with Crippen molar-refractivity contribution in [1.82, 2.24) is 0 Å². The minimum absolute atomic E-state index is 0.0853. The second kappa shape index (κ2) is 6.39. The lowest BCUT2D eigenvalue weighted by Crippen LogP contribution is -2.14. The van der Waals surface area contributed by atoms with Crippen LogP contribution in [-0.4, -0.2) is 0 Å². The van der Waals surface area contributed by atoms with Gasteiger partial charge < -0.3 is 5.73 Å². The first-order valence-corrected chi connectivity index (χ1v) is 8.19. The summed E-state index contributed by atoms with van der Waals surface area (Å²) in [6, 6.07) is 14.2. The van der Waals surface area contributed by atoms with Gasteiger partial charge in [0.25, 0.3) is 0 Å². The van der Waals surface area contributed by atoms with Crippen LogP contribution in [-0.2, 0) is 6.42 Å². The Hall–Kier alpha value is -1.02. The quantitative estimate of drug-likeness (QED) is 0.790. The molecule has 1 aliphatic rings. The molecule has 0 aromatic heterocycles. The molecule has 2 aromatic rings. The van der Waals surface area contributed by atoms with Crippen LogP contribution in [0.3, 0.4) is 0 Å². The fraction of sp³-hybridized carbons (Fsp3) is 0.333. The maximum absolute atomic E-state index is 6.32. The van der Waals surface area contributed by atoms with E-state index in [2.05, 4.69) is 24.3 Å². The van der Waals surface area contributed by atoms with E-state index in [0.29, 0.717) is 16.5 Å². The first kappa shape index (κ1) is 14.9. The van der Waals surface area contributed by atoms with E-state index in [1.165, 1.54) is 24.8 Å². The number of hydrogen-bond acceptors (Lipinski definition) is 1. The number of hydrogen-bond donors (Lipinski definition) is 1. The normalized spacial score (nSPS) is 16.5. The number of halogens is 2. The molecular formula is C18H19Cl2N. The second-order valence-corrected chi connectivity index (χ2v) is 6.62. The molecular weight excluding hydrogens is 301 g/mol. The fourth-order valence-electron chi connectivity index (χ4n) is 2.82. The topological polar surface area (TPSA) is 26.0 Å². The van der Waals surface area contributed by atoms with Crippen molar-refractivity contribution in [1.29, 1.82) is 0 Å². The standard InChI is InChI=1S/C18H19Cl2N/c19-16-5-2-6-17(20)15(16)11-18(21)14-9-7-13(8-10-14)12-3-1-4-12/h2,5-10,12,18H,1,3-4,11,21H2. The van der Waals surface area contributed by atoms with Crippen LogP contribution in [0.15, 0.2) is 42.5 Å². The average molecular weight is 320 g/mol. The van der Waals surface area contributed by atoms with Crippen molar-refractivity contribution >= 4 is 23.2 Å². The minimum Gasteiger partial charge on any atom is -0.324 e. The van der Waals surface area contributed by atoms with Gasteiger partial charge in [-0.2, -0.15) is 0 Å². The zero-order valence-corrected chi connectivity index (χ0v) is 13.4. The van der Waals surface area contributed by atoms with Crippen molar-refractivity contribution < 1.29 is 0 Å². The maximum atomic E-state index is 6.32. The lowest BCUT2D eigenvalue weighted by molar-refractivity contribution is 0.419. The highest BCUT2D eigenvalue weighted by Crippen LogP contribution is 2.36. The van der Waals surface area contributed by atoms with E-state index in [0.717, 1.165) is 17.0 Å². The molecule has 1 nitrogen and oxygen atoms in total. The first-order chi connectivity index (χ1) is 10.1. The molecule has 3 rings (SSSR count). The Balaban J connectivity index is 1.74. The van der Waals surface area contributed by atoms with Gasteiger partial charge in [0.1, 0.15) is 0 Å². The van der Waals surface area contributed by atoms with Gasteiger partial charge in [0, 0.05) is 16.1 Å². The van der Waals surface area contributed by atoms with Crippen molar-refractivity contribution in [2.45, 2.75) is 37.6 Å². The van der Waals surface area contributed by atoms with Crippen LogP contribution >= 0.6 is 23.2 Å². The SMILES string of the molecule is NC(Cc1c(Cl)cccc1Cl)c1ccc(C2CCC2)cc1. The molecule has 2 aromatic carbocycles. The Labute approximate surface area is 136 Å². The maximum Gasteiger partial charge on any atom is 0.0453 e. The van der Waals surface area contributed by atoms with Crippen LogP contribution in [0.1, 0.15) is 47.9 Å². The molecule has 1 aliphatic carbocycles. The Morgan fingerprint density at radius 1 is 1.00 bits per heavy atom. The molecule has 2 N–H and O–H groups in total. The molecule has 1 saturated carbocycles. The summed E-state index contributed by atoms with van der Waals surface area (Å²) in [6.45, 7) is 0. The molecule has 1 atom stereocenters. The molecule has 0 spiro atoms. The molecule has 0 bridgehead atoms. The molecule has 0 heterocycles. The van der Waals surface area contributed by atoms with E-state index in [-0.39, 0.29) is 6.04 Å². The second-order valence-electron chi connectivity index (χ2n) is 5.81. The summed E-state index contributed by atoms with van der Waals surface area (Å²) in [5.74, 6) is 0.758. The van der Waals surface area contributed by atoms with Crippen LogP contribution in [0.2, 0.25) is 10.0 Å². The zero-order valence-electron chi connectivity index (χ0n) is 11.9. The highest BCUT2D eigenvalue weighted by molar-refractivity contribution is 6.36. The zero-order chi connectivity index (χ0) is 14.8. The highest BCUT2D eigenvalue weighted by atomic mass is 35.5. The molecule has 0 amide bonds. The van der Waals surface area contributed by atoms with Gasteiger partial charge >= 0.3 is 0 Å². The third-order valence-corrected chi connectivity index (χ3v) is 5.14. The van der Waals surface area contributed by atoms with Crippen LogP contribution in [0.5, 0.6) is 0 Å². The molecule has 0 radical (unpaired) electrons. The minimum atomic E-state index is -0.0853. The van der Waals surface area contributed by atoms with Crippen LogP contribution < -0.4 is 5.73 Å². The van der Waals surface area contributed by atoms with Gasteiger partial charge in [-0.1, -0.05) is 60.0 Å². The summed E-state index contributed by atoms with van der Waals surface area (Å²) >= 11 is 12.4. The van der Waals surface area contributed by atoms with Gasteiger partial charge in [-0.05, 0) is 54.0 Å². The third kappa shape index (κ3) is 3.26. The molecule has 0 saturated heterocycles. The Bertz CT molecular complexity index is 597. The molecule has 1 unspecified atom stereocenters. The summed E-state index contributed by atoms with van der Waals surface area (Å²) in [7, 11) is 0. The first-order valence-electron chi connectivity index (χ1n) is 7.43. The average Bonchev–Trinajstić information content (AvgIpc) is 2.42. The smallest absolute Gasteiger partial charge is 0.0453 e. The number of nitrogens with two attached hydrogens (primary N) is 1. The van der Waals surface area contributed by atoms with E-state index in [9.17, 15) is 0 Å². The highest BCUT2D eigenvalue weighted by Gasteiger charge is 2.19. The third-order valence-electron chi connectivity index (χ3n) is 4.43. The van der Waals surface area contributed by atoms with Crippen LogP contribution in [0.25, 0.3) is 0 Å². The monoisotopic (exact) mass is 319 g/mol. The summed E-state index contributed by atoms with van der Waals surface area (Å²) in [6.07, 6.45) is 4.65. The van der Waals surface area contributed by atoms with Gasteiger partial charge in [0.15, 0.2) is 0 Å². The number of benzene rings is 2. The van der Waals surface area contributed by atoms with Gasteiger partial charge in [0.05, 0.1) is 0 Å². The predicted molar refractivity (Wildman–Crippen MR) is 90.1 cm³/mol. The van der Waals surface area contributed by atoms with E-state index in [4.69, 9.17) is 28.9 Å². The van der Waals surface area contributed by atoms with Gasteiger partial charge in [0.2, 0.25) is 0 Å². The van der Waals surface area contributed by atoms with Crippen LogP contribution in [0, 0.1) is 0 Å². The van der Waals surface area contributed by atoms with Crippen molar-refractivity contribution in [2.75, 3.05) is 0 Å². The van der Waals surface area contributed by atoms with Gasteiger partial charge in [-0.3, -0.25) is 0 Å². The summed E-state index contributed by atoms with van der Waals surface area (Å²) in [5, 5.41) is 1.37. The molecule has 110 valence electrons. The molecule has 0 aliphatic heterocycles. The summed E-state index contributed by atoms with van der Waals surface area (Å²) < 4.78 is 0. The van der Waals surface area contributed by atoms with Crippen molar-refractivity contribution in [3.05, 3.63) is 69.2 Å². The Kier molecular flexibility index (Phi) is 4.54. The van der Waals surface area contributed by atoms with Crippen molar-refractivity contribution in [3.8, 4) is 0 Å². The lowest BCUT2D eigenvalue weighted by atomic mass is 9.80. The van der Waals surface area contributed by atoms with Crippen molar-refractivity contribution in [2.24, 2.45) is 5.73 Å². The Morgan fingerprint density at radius 3 is 2.14 bits per heavy atom. The van der Waals surface area contributed by atoms with E-state index in [1.807, 2.05) is 18.2 Å². The molecule has 1 fully saturated rings. The van der Waals surface area contributed by atoms with Gasteiger partial charge in [-0.25, -0.2) is 0 Å². The number of rotatable bonds is 4. The lowest BCUT2D eigenvalue weighted by Gasteiger charge is -2.26. The van der Waals surface area contributed by atoms with E-state index in [1.54, 1.807) is 0 Å².